The van der Waals surface area contributed by atoms with Crippen molar-refractivity contribution in [2.45, 2.75) is 120 Å². The molecule has 3 nitrogen and oxygen atoms in total. The third-order valence-electron chi connectivity index (χ3n) is 8.00. The Hall–Kier alpha value is -1.22. The molecular formula is C30H43O3PS. The van der Waals surface area contributed by atoms with Crippen molar-refractivity contribution < 1.29 is 13.0 Å². The minimum atomic E-state index is -4.24. The second kappa shape index (κ2) is 12.3. The highest BCUT2D eigenvalue weighted by Gasteiger charge is 2.34. The maximum absolute atomic E-state index is 12.1. The van der Waals surface area contributed by atoms with Crippen molar-refractivity contribution in [2.24, 2.45) is 0 Å². The van der Waals surface area contributed by atoms with Gasteiger partial charge < -0.3 is 0 Å². The molecule has 2 aliphatic carbocycles. The zero-order valence-electron chi connectivity index (χ0n) is 21.6. The third-order valence-corrected chi connectivity index (χ3v) is 12.4. The molecule has 0 saturated heterocycles. The van der Waals surface area contributed by atoms with E-state index in [9.17, 15) is 13.0 Å². The van der Waals surface area contributed by atoms with Crippen LogP contribution in [0.5, 0.6) is 0 Å². The van der Waals surface area contributed by atoms with E-state index in [4.69, 9.17) is 0 Å². The normalized spacial score (nSPS) is 18.3. The van der Waals surface area contributed by atoms with E-state index >= 15 is 0 Å². The summed E-state index contributed by atoms with van der Waals surface area (Å²) in [6.45, 7) is 4.29. The van der Waals surface area contributed by atoms with Gasteiger partial charge in [-0.3, -0.25) is 4.55 Å². The van der Waals surface area contributed by atoms with Crippen molar-refractivity contribution in [1.82, 2.24) is 0 Å². The van der Waals surface area contributed by atoms with Crippen LogP contribution in [-0.2, 0) is 23.0 Å². The number of aryl methyl sites for hydroxylation is 2. The molecule has 192 valence electrons. The van der Waals surface area contributed by atoms with Gasteiger partial charge in [0, 0.05) is 0 Å². The first-order valence-corrected chi connectivity index (χ1v) is 16.9. The molecule has 35 heavy (non-hydrogen) atoms. The molecule has 2 aromatic rings. The van der Waals surface area contributed by atoms with E-state index in [1.165, 1.54) is 75.3 Å². The maximum atomic E-state index is 12.1. The second-order valence-corrected chi connectivity index (χ2v) is 14.8. The quantitative estimate of drug-likeness (QED) is 0.271. The average Bonchev–Trinajstić information content (AvgIpc) is 2.86. The molecule has 1 N–H and O–H groups in total. The van der Waals surface area contributed by atoms with E-state index in [1.54, 1.807) is 17.4 Å². The standard InChI is InChI=1S/C30H43O3PS/c1-3-13-23-21-27(35(31,32)33)22-24(14-4-2)30(23)28-19-11-12-20-29(28)34(25-15-7-5-8-16-25)26-17-9-6-10-18-26/h11-12,19-22,25-26H,3-10,13-18H2,1-2H3,(H,31,32,33). The van der Waals surface area contributed by atoms with Crippen LogP contribution in [0.1, 0.15) is 102 Å². The molecule has 0 amide bonds. The predicted molar refractivity (Wildman–Crippen MR) is 150 cm³/mol. The van der Waals surface area contributed by atoms with E-state index in [1.807, 2.05) is 0 Å². The molecule has 0 radical (unpaired) electrons. The lowest BCUT2D eigenvalue weighted by atomic mass is 9.90. The van der Waals surface area contributed by atoms with Crippen LogP contribution in [-0.4, -0.2) is 24.3 Å². The number of benzene rings is 2. The lowest BCUT2D eigenvalue weighted by Crippen LogP contribution is -2.27. The molecule has 4 rings (SSSR count). The van der Waals surface area contributed by atoms with Crippen LogP contribution in [0.4, 0.5) is 0 Å². The molecule has 2 saturated carbocycles. The van der Waals surface area contributed by atoms with Gasteiger partial charge in [0.05, 0.1) is 4.90 Å². The molecule has 0 atom stereocenters. The first kappa shape index (κ1) is 26.8. The number of hydrogen-bond donors (Lipinski definition) is 1. The van der Waals surface area contributed by atoms with Crippen LogP contribution in [0.2, 0.25) is 0 Å². The summed E-state index contributed by atoms with van der Waals surface area (Å²) >= 11 is 0. The maximum Gasteiger partial charge on any atom is 0.294 e. The zero-order valence-corrected chi connectivity index (χ0v) is 23.3. The van der Waals surface area contributed by atoms with Gasteiger partial charge in [0.1, 0.15) is 0 Å². The highest BCUT2D eigenvalue weighted by atomic mass is 32.2. The summed E-state index contributed by atoms with van der Waals surface area (Å²) in [4.78, 5) is 0.0486. The van der Waals surface area contributed by atoms with Gasteiger partial charge in [0.2, 0.25) is 0 Å². The Morgan fingerprint density at radius 2 is 1.29 bits per heavy atom. The van der Waals surface area contributed by atoms with Crippen LogP contribution in [0.3, 0.4) is 0 Å². The Kier molecular flexibility index (Phi) is 9.47. The summed E-state index contributed by atoms with van der Waals surface area (Å²) in [5, 5.41) is 1.55. The SMILES string of the molecule is CCCc1cc(S(=O)(=O)O)cc(CCC)c1-c1ccccc1P(C1CCCCC1)C1CCCCC1. The van der Waals surface area contributed by atoms with Crippen molar-refractivity contribution >= 4 is 23.3 Å². The molecular weight excluding hydrogens is 471 g/mol. The first-order chi connectivity index (χ1) is 16.9. The van der Waals surface area contributed by atoms with Gasteiger partial charge in [-0.05, 0) is 89.5 Å². The molecule has 2 aromatic carbocycles. The van der Waals surface area contributed by atoms with Crippen molar-refractivity contribution in [1.29, 1.82) is 0 Å². The van der Waals surface area contributed by atoms with Crippen LogP contribution >= 0.6 is 7.92 Å². The van der Waals surface area contributed by atoms with E-state index in [2.05, 4.69) is 38.1 Å². The second-order valence-electron chi connectivity index (χ2n) is 10.6. The smallest absolute Gasteiger partial charge is 0.282 e. The highest BCUT2D eigenvalue weighted by Crippen LogP contribution is 2.56. The predicted octanol–water partition coefficient (Wildman–Crippen LogP) is 8.28. The first-order valence-electron chi connectivity index (χ1n) is 13.9. The van der Waals surface area contributed by atoms with Gasteiger partial charge in [0.15, 0.2) is 0 Å². The third kappa shape index (κ3) is 6.38. The summed E-state index contributed by atoms with van der Waals surface area (Å²) in [5.41, 5.74) is 6.34. The monoisotopic (exact) mass is 514 g/mol. The molecule has 0 heterocycles. The van der Waals surface area contributed by atoms with E-state index in [0.717, 1.165) is 48.1 Å². The molecule has 0 bridgehead atoms. The van der Waals surface area contributed by atoms with Crippen molar-refractivity contribution in [3.8, 4) is 11.1 Å². The van der Waals surface area contributed by atoms with Gasteiger partial charge >= 0.3 is 0 Å². The lowest BCUT2D eigenvalue weighted by Gasteiger charge is -2.40. The minimum Gasteiger partial charge on any atom is -0.282 e. The summed E-state index contributed by atoms with van der Waals surface area (Å²) in [6.07, 6.45) is 17.2. The fourth-order valence-corrected chi connectivity index (χ4v) is 11.0. The molecule has 0 aromatic heterocycles. The van der Waals surface area contributed by atoms with Crippen LogP contribution < -0.4 is 5.30 Å². The fourth-order valence-electron chi connectivity index (χ4n) is 6.48. The highest BCUT2D eigenvalue weighted by molar-refractivity contribution is 7.85. The topological polar surface area (TPSA) is 54.4 Å². The summed E-state index contributed by atoms with van der Waals surface area (Å²) < 4.78 is 34.2. The van der Waals surface area contributed by atoms with E-state index in [-0.39, 0.29) is 12.8 Å². The van der Waals surface area contributed by atoms with Crippen molar-refractivity contribution in [3.63, 3.8) is 0 Å². The number of hydrogen-bond acceptors (Lipinski definition) is 2. The Balaban J connectivity index is 1.91. The summed E-state index contributed by atoms with van der Waals surface area (Å²) in [7, 11) is -4.52. The van der Waals surface area contributed by atoms with Crippen molar-refractivity contribution in [2.75, 3.05) is 0 Å². The molecule has 0 aliphatic heterocycles. The van der Waals surface area contributed by atoms with Crippen molar-refractivity contribution in [3.05, 3.63) is 47.5 Å². The summed E-state index contributed by atoms with van der Waals surface area (Å²) in [6, 6.07) is 12.6. The molecule has 2 fully saturated rings. The Morgan fingerprint density at radius 1 is 0.800 bits per heavy atom. The van der Waals surface area contributed by atoms with E-state index < -0.39 is 10.1 Å². The summed E-state index contributed by atoms with van der Waals surface area (Å²) in [5.74, 6) is 0. The fraction of sp³-hybridized carbons (Fsp3) is 0.600. The Morgan fingerprint density at radius 3 is 1.74 bits per heavy atom. The molecule has 0 spiro atoms. The minimum absolute atomic E-state index is 0.0486. The molecule has 5 heteroatoms. The van der Waals surface area contributed by atoms with Crippen LogP contribution in [0.25, 0.3) is 11.1 Å². The van der Waals surface area contributed by atoms with Crippen LogP contribution in [0.15, 0.2) is 41.3 Å². The lowest BCUT2D eigenvalue weighted by molar-refractivity contribution is 0.483. The van der Waals surface area contributed by atoms with Gasteiger partial charge in [0.25, 0.3) is 10.1 Å². The van der Waals surface area contributed by atoms with E-state index in [0.29, 0.717) is 0 Å². The largest absolute Gasteiger partial charge is 0.294 e. The van der Waals surface area contributed by atoms with Crippen LogP contribution in [0, 0.1) is 0 Å². The van der Waals surface area contributed by atoms with Gasteiger partial charge in [-0.25, -0.2) is 0 Å². The number of rotatable bonds is 9. The molecule has 2 aliphatic rings. The Bertz CT molecular complexity index is 1040. The zero-order chi connectivity index (χ0) is 24.8. The average molecular weight is 515 g/mol. The van der Waals surface area contributed by atoms with Gasteiger partial charge in [-0.2, -0.15) is 8.42 Å². The van der Waals surface area contributed by atoms with Gasteiger partial charge in [-0.15, -0.1) is 0 Å². The van der Waals surface area contributed by atoms with Gasteiger partial charge in [-0.1, -0.05) is 97.4 Å². The Labute approximate surface area is 214 Å². The molecule has 0 unspecified atom stereocenters.